The maximum absolute atomic E-state index is 12.8. The number of nitrogens with zero attached hydrogens (tertiary/aromatic N) is 1. The topological polar surface area (TPSA) is 50.1 Å². The molecule has 0 aliphatic carbocycles. The van der Waals surface area contributed by atoms with E-state index in [2.05, 4.69) is 0 Å². The third kappa shape index (κ3) is 2.78. The number of hydrogen-bond acceptors (Lipinski definition) is 3. The first-order valence-electron chi connectivity index (χ1n) is 4.33. The van der Waals surface area contributed by atoms with Crippen LogP contribution < -0.4 is 4.74 Å². The summed E-state index contributed by atoms with van der Waals surface area (Å²) in [4.78, 5) is 10.6. The minimum atomic E-state index is -1.02. The first-order valence-corrected chi connectivity index (χ1v) is 4.33. The predicted molar refractivity (Wildman–Crippen MR) is 51.9 cm³/mol. The van der Waals surface area contributed by atoms with E-state index in [0.717, 1.165) is 6.07 Å². The summed E-state index contributed by atoms with van der Waals surface area (Å²) >= 11 is 0. The zero-order valence-electron chi connectivity index (χ0n) is 8.45. The zero-order chi connectivity index (χ0) is 11.5. The number of aldehydes is 1. The average Bonchev–Trinajstić information content (AvgIpc) is 2.20. The van der Waals surface area contributed by atoms with Crippen LogP contribution in [0.15, 0.2) is 18.2 Å². The Labute approximate surface area is 87.1 Å². The summed E-state index contributed by atoms with van der Waals surface area (Å²) in [6.07, 6.45) is 0.623. The number of rotatable bonds is 3. The Kier molecular flexibility index (Phi) is 3.05. The standard InChI is InChI=1S/C11H10FNO2/c1-11(2,7-14)15-10-4-3-9(12)5-8(10)6-13/h3-5,7H,1-2H3. The lowest BCUT2D eigenvalue weighted by atomic mass is 10.1. The summed E-state index contributed by atoms with van der Waals surface area (Å²) in [6, 6.07) is 5.38. The molecule has 0 spiro atoms. The molecule has 78 valence electrons. The quantitative estimate of drug-likeness (QED) is 0.713. The molecule has 0 unspecified atom stereocenters. The van der Waals surface area contributed by atoms with Crippen LogP contribution >= 0.6 is 0 Å². The van der Waals surface area contributed by atoms with Gasteiger partial charge in [-0.2, -0.15) is 5.26 Å². The number of halogens is 1. The van der Waals surface area contributed by atoms with Crippen LogP contribution in [0.25, 0.3) is 0 Å². The highest BCUT2D eigenvalue weighted by atomic mass is 19.1. The molecule has 0 aliphatic rings. The van der Waals surface area contributed by atoms with Gasteiger partial charge in [0.15, 0.2) is 11.9 Å². The Morgan fingerprint density at radius 1 is 1.53 bits per heavy atom. The van der Waals surface area contributed by atoms with Crippen LogP contribution in [0.4, 0.5) is 4.39 Å². The normalized spacial score (nSPS) is 10.5. The van der Waals surface area contributed by atoms with Gasteiger partial charge in [0.25, 0.3) is 0 Å². The lowest BCUT2D eigenvalue weighted by Gasteiger charge is -2.20. The number of benzene rings is 1. The van der Waals surface area contributed by atoms with Crippen LogP contribution in [-0.4, -0.2) is 11.9 Å². The van der Waals surface area contributed by atoms with Crippen molar-refractivity contribution in [1.29, 1.82) is 5.26 Å². The Morgan fingerprint density at radius 2 is 2.20 bits per heavy atom. The zero-order valence-corrected chi connectivity index (χ0v) is 8.45. The number of hydrogen-bond donors (Lipinski definition) is 0. The molecule has 0 fully saturated rings. The Bertz CT molecular complexity index is 421. The van der Waals surface area contributed by atoms with E-state index >= 15 is 0 Å². The van der Waals surface area contributed by atoms with Gasteiger partial charge >= 0.3 is 0 Å². The number of carbonyl (C=O) groups excluding carboxylic acids is 1. The van der Waals surface area contributed by atoms with E-state index < -0.39 is 11.4 Å². The Hall–Kier alpha value is -1.89. The molecule has 0 bridgehead atoms. The molecule has 1 rings (SSSR count). The molecule has 3 nitrogen and oxygen atoms in total. The van der Waals surface area contributed by atoms with Crippen LogP contribution in [0.2, 0.25) is 0 Å². The van der Waals surface area contributed by atoms with Gasteiger partial charge in [0, 0.05) is 0 Å². The number of ether oxygens (including phenoxy) is 1. The van der Waals surface area contributed by atoms with Gasteiger partial charge in [0.1, 0.15) is 17.6 Å². The Balaban J connectivity index is 3.06. The van der Waals surface area contributed by atoms with Crippen molar-refractivity contribution in [3.8, 4) is 11.8 Å². The van der Waals surface area contributed by atoms with E-state index in [4.69, 9.17) is 10.00 Å². The SMILES string of the molecule is CC(C)(C=O)Oc1ccc(F)cc1C#N. The summed E-state index contributed by atoms with van der Waals surface area (Å²) < 4.78 is 18.0. The minimum Gasteiger partial charge on any atom is -0.479 e. The third-order valence-corrected chi connectivity index (χ3v) is 1.72. The maximum Gasteiger partial charge on any atom is 0.162 e. The van der Waals surface area contributed by atoms with Crippen molar-refractivity contribution in [2.45, 2.75) is 19.4 Å². The fourth-order valence-corrected chi connectivity index (χ4v) is 0.986. The minimum absolute atomic E-state index is 0.0740. The van der Waals surface area contributed by atoms with Crippen molar-refractivity contribution < 1.29 is 13.9 Å². The molecule has 0 aliphatic heterocycles. The molecule has 0 atom stereocenters. The van der Waals surface area contributed by atoms with Gasteiger partial charge in [-0.05, 0) is 32.0 Å². The largest absolute Gasteiger partial charge is 0.479 e. The summed E-state index contributed by atoms with van der Waals surface area (Å²) in [5, 5.41) is 8.73. The van der Waals surface area contributed by atoms with Gasteiger partial charge in [-0.3, -0.25) is 4.79 Å². The van der Waals surface area contributed by atoms with E-state index in [9.17, 15) is 9.18 Å². The fourth-order valence-electron chi connectivity index (χ4n) is 0.986. The molecule has 0 N–H and O–H groups in total. The molecule has 0 heterocycles. The predicted octanol–water partition coefficient (Wildman–Crippen LogP) is 2.05. The maximum atomic E-state index is 12.8. The first kappa shape index (κ1) is 11.2. The van der Waals surface area contributed by atoms with Crippen LogP contribution in [0.1, 0.15) is 19.4 Å². The van der Waals surface area contributed by atoms with Crippen LogP contribution in [0.3, 0.4) is 0 Å². The van der Waals surface area contributed by atoms with E-state index in [0.29, 0.717) is 6.29 Å². The van der Waals surface area contributed by atoms with Crippen molar-refractivity contribution >= 4 is 6.29 Å². The van der Waals surface area contributed by atoms with Gasteiger partial charge in [-0.15, -0.1) is 0 Å². The van der Waals surface area contributed by atoms with E-state index in [1.807, 2.05) is 0 Å². The second-order valence-electron chi connectivity index (χ2n) is 3.58. The highest BCUT2D eigenvalue weighted by Gasteiger charge is 2.20. The second-order valence-corrected chi connectivity index (χ2v) is 3.58. The molecule has 4 heteroatoms. The first-order chi connectivity index (χ1) is 6.98. The highest BCUT2D eigenvalue weighted by Crippen LogP contribution is 2.22. The molecule has 0 saturated heterocycles. The smallest absolute Gasteiger partial charge is 0.162 e. The van der Waals surface area contributed by atoms with Crippen molar-refractivity contribution in [3.63, 3.8) is 0 Å². The number of carbonyl (C=O) groups is 1. The summed E-state index contributed by atoms with van der Waals surface area (Å²) in [5.41, 5.74) is -0.950. The molecular weight excluding hydrogens is 197 g/mol. The summed E-state index contributed by atoms with van der Waals surface area (Å²) in [5.74, 6) is -0.307. The molecule has 0 amide bonds. The molecular formula is C11H10FNO2. The number of nitriles is 1. The molecule has 0 aromatic heterocycles. The van der Waals surface area contributed by atoms with Crippen molar-refractivity contribution in [2.24, 2.45) is 0 Å². The van der Waals surface area contributed by atoms with E-state index in [-0.39, 0.29) is 11.3 Å². The molecule has 0 radical (unpaired) electrons. The van der Waals surface area contributed by atoms with E-state index in [1.165, 1.54) is 12.1 Å². The van der Waals surface area contributed by atoms with Gasteiger partial charge < -0.3 is 4.74 Å². The van der Waals surface area contributed by atoms with Crippen molar-refractivity contribution in [2.75, 3.05) is 0 Å². The second kappa shape index (κ2) is 4.09. The average molecular weight is 207 g/mol. The molecule has 15 heavy (non-hydrogen) atoms. The van der Waals surface area contributed by atoms with Crippen LogP contribution in [-0.2, 0) is 4.79 Å². The third-order valence-electron chi connectivity index (χ3n) is 1.72. The van der Waals surface area contributed by atoms with Gasteiger partial charge in [0.2, 0.25) is 0 Å². The Morgan fingerprint density at radius 3 is 2.73 bits per heavy atom. The van der Waals surface area contributed by atoms with Crippen LogP contribution in [0.5, 0.6) is 5.75 Å². The summed E-state index contributed by atoms with van der Waals surface area (Å²) in [6.45, 7) is 3.12. The van der Waals surface area contributed by atoms with Gasteiger partial charge in [-0.25, -0.2) is 4.39 Å². The van der Waals surface area contributed by atoms with Crippen molar-refractivity contribution in [1.82, 2.24) is 0 Å². The fraction of sp³-hybridized carbons (Fsp3) is 0.273. The van der Waals surface area contributed by atoms with Crippen LogP contribution in [0, 0.1) is 17.1 Å². The summed E-state index contributed by atoms with van der Waals surface area (Å²) in [7, 11) is 0. The van der Waals surface area contributed by atoms with Gasteiger partial charge in [0.05, 0.1) is 5.56 Å². The molecule has 1 aromatic rings. The molecule has 0 saturated carbocycles. The monoisotopic (exact) mass is 207 g/mol. The van der Waals surface area contributed by atoms with Crippen molar-refractivity contribution in [3.05, 3.63) is 29.6 Å². The lowest BCUT2D eigenvalue weighted by Crippen LogP contribution is -2.30. The highest BCUT2D eigenvalue weighted by molar-refractivity contribution is 5.62. The van der Waals surface area contributed by atoms with Gasteiger partial charge in [-0.1, -0.05) is 0 Å². The molecule has 1 aromatic carbocycles. The van der Waals surface area contributed by atoms with E-state index in [1.54, 1.807) is 19.9 Å². The lowest BCUT2D eigenvalue weighted by molar-refractivity contribution is -0.119.